The highest BCUT2D eigenvalue weighted by molar-refractivity contribution is 7.99. The molecule has 0 aliphatic heterocycles. The largest absolute Gasteiger partial charge is 0.354 e. The molecule has 0 aliphatic carbocycles. The van der Waals surface area contributed by atoms with Crippen LogP contribution in [0.4, 0.5) is 10.1 Å². The number of carbonyl (C=O) groups excluding carboxylic acids is 1. The van der Waals surface area contributed by atoms with Gasteiger partial charge in [-0.25, -0.2) is 4.39 Å². The molecule has 0 fully saturated rings. The van der Waals surface area contributed by atoms with Gasteiger partial charge in [0.25, 0.3) is 0 Å². The first-order valence-electron chi connectivity index (χ1n) is 7.70. The van der Waals surface area contributed by atoms with Crippen molar-refractivity contribution in [1.29, 1.82) is 0 Å². The average Bonchev–Trinajstić information content (AvgIpc) is 3.15. The normalized spacial score (nSPS) is 10.8. The van der Waals surface area contributed by atoms with Crippen molar-refractivity contribution in [3.63, 3.8) is 0 Å². The molecule has 0 atom stereocenters. The molecule has 25 heavy (non-hydrogen) atoms. The molecule has 6 nitrogen and oxygen atoms in total. The minimum atomic E-state index is -0.454. The third kappa shape index (κ3) is 4.08. The summed E-state index contributed by atoms with van der Waals surface area (Å²) in [5.74, 6) is 0.204. The Morgan fingerprint density at radius 3 is 2.72 bits per heavy atom. The van der Waals surface area contributed by atoms with Crippen LogP contribution in [0.25, 0.3) is 0 Å². The Bertz CT molecular complexity index is 889. The van der Waals surface area contributed by atoms with E-state index in [9.17, 15) is 9.18 Å². The Kier molecular flexibility index (Phi) is 5.18. The van der Waals surface area contributed by atoms with Gasteiger partial charge in [0.2, 0.25) is 5.91 Å². The lowest BCUT2D eigenvalue weighted by molar-refractivity contribution is -0.113. The van der Waals surface area contributed by atoms with Crippen molar-refractivity contribution in [1.82, 2.24) is 19.3 Å². The Morgan fingerprint density at radius 1 is 1.20 bits per heavy atom. The number of anilines is 1. The van der Waals surface area contributed by atoms with Crippen molar-refractivity contribution in [3.05, 3.63) is 59.9 Å². The summed E-state index contributed by atoms with van der Waals surface area (Å²) in [6.07, 6.45) is 2.64. The van der Waals surface area contributed by atoms with Gasteiger partial charge in [-0.3, -0.25) is 4.79 Å². The number of para-hydroxylation sites is 1. The van der Waals surface area contributed by atoms with Crippen LogP contribution in [0.15, 0.2) is 47.8 Å². The monoisotopic (exact) mass is 359 g/mol. The summed E-state index contributed by atoms with van der Waals surface area (Å²) in [7, 11) is 3.85. The van der Waals surface area contributed by atoms with Crippen molar-refractivity contribution in [3.8, 4) is 0 Å². The third-order valence-electron chi connectivity index (χ3n) is 3.80. The van der Waals surface area contributed by atoms with E-state index in [1.807, 2.05) is 41.6 Å². The van der Waals surface area contributed by atoms with Crippen LogP contribution in [0, 0.1) is 5.82 Å². The molecule has 0 radical (unpaired) electrons. The van der Waals surface area contributed by atoms with Gasteiger partial charge in [0.1, 0.15) is 11.6 Å². The highest BCUT2D eigenvalue weighted by atomic mass is 32.2. The number of aryl methyl sites for hydroxylation is 1. The summed E-state index contributed by atoms with van der Waals surface area (Å²) >= 11 is 1.27. The maximum absolute atomic E-state index is 13.5. The van der Waals surface area contributed by atoms with Crippen molar-refractivity contribution >= 4 is 23.4 Å². The number of hydrogen-bond donors (Lipinski definition) is 1. The van der Waals surface area contributed by atoms with Crippen molar-refractivity contribution in [2.75, 3.05) is 11.1 Å². The van der Waals surface area contributed by atoms with Gasteiger partial charge in [-0.2, -0.15) is 0 Å². The number of nitrogens with one attached hydrogen (secondary N) is 1. The maximum Gasteiger partial charge on any atom is 0.234 e. The highest BCUT2D eigenvalue weighted by Gasteiger charge is 2.13. The van der Waals surface area contributed by atoms with Crippen LogP contribution in [0.3, 0.4) is 0 Å². The van der Waals surface area contributed by atoms with Crippen LogP contribution >= 0.6 is 11.8 Å². The van der Waals surface area contributed by atoms with Gasteiger partial charge in [-0.15, -0.1) is 10.2 Å². The van der Waals surface area contributed by atoms with Crippen LogP contribution in [-0.2, 0) is 25.3 Å². The van der Waals surface area contributed by atoms with Gasteiger partial charge in [0.15, 0.2) is 5.16 Å². The van der Waals surface area contributed by atoms with Gasteiger partial charge < -0.3 is 14.5 Å². The molecule has 0 saturated carbocycles. The number of benzene rings is 1. The first-order valence-corrected chi connectivity index (χ1v) is 8.69. The molecule has 130 valence electrons. The second kappa shape index (κ2) is 7.52. The fourth-order valence-corrected chi connectivity index (χ4v) is 3.08. The standard InChI is InChI=1S/C17H18FN5OS/c1-22-9-5-6-12(22)10-15-20-21-17(23(15)2)25-11-16(24)19-14-8-4-3-7-13(14)18/h3-9H,10-11H2,1-2H3,(H,19,24). The molecular weight excluding hydrogens is 341 g/mol. The summed E-state index contributed by atoms with van der Waals surface area (Å²) in [6.45, 7) is 0. The first kappa shape index (κ1) is 17.2. The van der Waals surface area contributed by atoms with E-state index in [0.717, 1.165) is 11.5 Å². The van der Waals surface area contributed by atoms with Gasteiger partial charge in [-0.1, -0.05) is 23.9 Å². The highest BCUT2D eigenvalue weighted by Crippen LogP contribution is 2.19. The van der Waals surface area contributed by atoms with Crippen LogP contribution < -0.4 is 5.32 Å². The fraction of sp³-hybridized carbons (Fsp3) is 0.235. The zero-order valence-corrected chi connectivity index (χ0v) is 14.8. The van der Waals surface area contributed by atoms with Crippen LogP contribution in [-0.4, -0.2) is 31.0 Å². The lowest BCUT2D eigenvalue weighted by atomic mass is 10.3. The lowest BCUT2D eigenvalue weighted by Gasteiger charge is -2.06. The van der Waals surface area contributed by atoms with Crippen LogP contribution in [0.1, 0.15) is 11.5 Å². The van der Waals surface area contributed by atoms with Crippen molar-refractivity contribution in [2.45, 2.75) is 11.6 Å². The van der Waals surface area contributed by atoms with E-state index in [1.165, 1.54) is 23.9 Å². The summed E-state index contributed by atoms with van der Waals surface area (Å²) in [6, 6.07) is 10.1. The topological polar surface area (TPSA) is 64.7 Å². The number of halogens is 1. The smallest absolute Gasteiger partial charge is 0.234 e. The number of carbonyl (C=O) groups is 1. The Morgan fingerprint density at radius 2 is 2.00 bits per heavy atom. The Labute approximate surface area is 149 Å². The molecule has 3 rings (SSSR count). The molecule has 0 unspecified atom stereocenters. The predicted molar refractivity (Wildman–Crippen MR) is 95.0 cm³/mol. The SMILES string of the molecule is Cn1cccc1Cc1nnc(SCC(=O)Nc2ccccc2F)n1C. The molecule has 1 N–H and O–H groups in total. The van der Waals surface area contributed by atoms with Crippen LogP contribution in [0.5, 0.6) is 0 Å². The number of thioether (sulfide) groups is 1. The van der Waals surface area contributed by atoms with Crippen molar-refractivity contribution in [2.24, 2.45) is 14.1 Å². The second-order valence-electron chi connectivity index (χ2n) is 5.56. The third-order valence-corrected chi connectivity index (χ3v) is 4.82. The van der Waals surface area contributed by atoms with E-state index in [-0.39, 0.29) is 17.3 Å². The van der Waals surface area contributed by atoms with E-state index >= 15 is 0 Å². The van der Waals surface area contributed by atoms with Gasteiger partial charge in [0, 0.05) is 32.4 Å². The molecule has 0 saturated heterocycles. The van der Waals surface area contributed by atoms with E-state index in [2.05, 4.69) is 15.5 Å². The molecule has 1 aromatic carbocycles. The zero-order valence-electron chi connectivity index (χ0n) is 13.9. The molecule has 2 heterocycles. The Balaban J connectivity index is 1.59. The summed E-state index contributed by atoms with van der Waals surface area (Å²) < 4.78 is 17.4. The van der Waals surface area contributed by atoms with E-state index in [4.69, 9.17) is 0 Å². The molecule has 8 heteroatoms. The number of hydrogen-bond acceptors (Lipinski definition) is 4. The Hall–Kier alpha value is -2.61. The van der Waals surface area contributed by atoms with Gasteiger partial charge in [0.05, 0.1) is 11.4 Å². The van der Waals surface area contributed by atoms with Gasteiger partial charge >= 0.3 is 0 Å². The maximum atomic E-state index is 13.5. The molecule has 0 bridgehead atoms. The molecular formula is C17H18FN5OS. The number of amides is 1. The minimum absolute atomic E-state index is 0.129. The molecule has 2 aromatic heterocycles. The summed E-state index contributed by atoms with van der Waals surface area (Å²) in [5, 5.41) is 11.5. The summed E-state index contributed by atoms with van der Waals surface area (Å²) in [5.41, 5.74) is 1.31. The number of rotatable bonds is 6. The molecule has 3 aromatic rings. The second-order valence-corrected chi connectivity index (χ2v) is 6.50. The minimum Gasteiger partial charge on any atom is -0.354 e. The van der Waals surface area contributed by atoms with E-state index < -0.39 is 5.82 Å². The zero-order chi connectivity index (χ0) is 17.8. The van der Waals surface area contributed by atoms with E-state index in [0.29, 0.717) is 11.6 Å². The lowest BCUT2D eigenvalue weighted by Crippen LogP contribution is -2.15. The molecule has 0 aliphatic rings. The fourth-order valence-electron chi connectivity index (χ4n) is 2.35. The number of nitrogens with zero attached hydrogens (tertiary/aromatic N) is 4. The van der Waals surface area contributed by atoms with Gasteiger partial charge in [-0.05, 0) is 24.3 Å². The van der Waals surface area contributed by atoms with E-state index in [1.54, 1.807) is 12.1 Å². The molecule has 0 spiro atoms. The summed E-state index contributed by atoms with van der Waals surface area (Å²) in [4.78, 5) is 12.0. The van der Waals surface area contributed by atoms with Crippen LogP contribution in [0.2, 0.25) is 0 Å². The number of aromatic nitrogens is 4. The first-order chi connectivity index (χ1) is 12.0. The predicted octanol–water partition coefficient (Wildman–Crippen LogP) is 2.61. The van der Waals surface area contributed by atoms with Crippen molar-refractivity contribution < 1.29 is 9.18 Å². The quantitative estimate of drug-likeness (QED) is 0.687. The average molecular weight is 359 g/mol. The molecule has 1 amide bonds.